The SMILES string of the molecule is Cc1ccc(C)c(OCc2c(C)nn(C)c2Cl)c1C. The van der Waals surface area contributed by atoms with E-state index >= 15 is 0 Å². The fraction of sp³-hybridized carbons (Fsp3) is 0.400. The first-order valence-corrected chi connectivity index (χ1v) is 6.67. The lowest BCUT2D eigenvalue weighted by Crippen LogP contribution is -2.01. The molecule has 0 aliphatic rings. The Morgan fingerprint density at radius 3 is 2.37 bits per heavy atom. The van der Waals surface area contributed by atoms with Crippen LogP contribution in [0.1, 0.15) is 27.9 Å². The van der Waals surface area contributed by atoms with Gasteiger partial charge in [0, 0.05) is 12.6 Å². The molecule has 1 aromatic heterocycles. The van der Waals surface area contributed by atoms with E-state index in [1.165, 1.54) is 11.1 Å². The molecular formula is C15H19ClN2O. The first-order valence-electron chi connectivity index (χ1n) is 6.29. The Bertz CT molecular complexity index is 617. The van der Waals surface area contributed by atoms with Crippen molar-refractivity contribution in [3.63, 3.8) is 0 Å². The van der Waals surface area contributed by atoms with Crippen molar-refractivity contribution in [2.45, 2.75) is 34.3 Å². The maximum absolute atomic E-state index is 6.21. The summed E-state index contributed by atoms with van der Waals surface area (Å²) in [7, 11) is 1.84. The van der Waals surface area contributed by atoms with Gasteiger partial charge in [-0.3, -0.25) is 4.68 Å². The topological polar surface area (TPSA) is 27.1 Å². The minimum absolute atomic E-state index is 0.448. The minimum atomic E-state index is 0.448. The lowest BCUT2D eigenvalue weighted by molar-refractivity contribution is 0.301. The molecule has 0 N–H and O–H groups in total. The second kappa shape index (κ2) is 5.25. The van der Waals surface area contributed by atoms with Crippen LogP contribution in [0.25, 0.3) is 0 Å². The van der Waals surface area contributed by atoms with Crippen LogP contribution in [0.5, 0.6) is 5.75 Å². The number of rotatable bonds is 3. The third kappa shape index (κ3) is 2.61. The fourth-order valence-corrected chi connectivity index (χ4v) is 2.36. The van der Waals surface area contributed by atoms with Gasteiger partial charge >= 0.3 is 0 Å². The average Bonchev–Trinajstić information content (AvgIpc) is 2.60. The third-order valence-corrected chi connectivity index (χ3v) is 3.98. The predicted molar refractivity (Wildman–Crippen MR) is 77.9 cm³/mol. The lowest BCUT2D eigenvalue weighted by Gasteiger charge is -2.14. The second-order valence-electron chi connectivity index (χ2n) is 4.92. The molecule has 2 aromatic rings. The van der Waals surface area contributed by atoms with E-state index < -0.39 is 0 Å². The molecule has 0 unspecified atom stereocenters. The largest absolute Gasteiger partial charge is 0.488 e. The molecule has 0 radical (unpaired) electrons. The summed E-state index contributed by atoms with van der Waals surface area (Å²) < 4.78 is 7.64. The first-order chi connectivity index (χ1) is 8.91. The zero-order valence-corrected chi connectivity index (χ0v) is 12.8. The van der Waals surface area contributed by atoms with Crippen molar-refractivity contribution in [3.8, 4) is 5.75 Å². The van der Waals surface area contributed by atoms with E-state index in [0.29, 0.717) is 11.8 Å². The predicted octanol–water partition coefficient (Wildman–Crippen LogP) is 3.89. The monoisotopic (exact) mass is 278 g/mol. The first kappa shape index (κ1) is 13.9. The maximum Gasteiger partial charge on any atom is 0.133 e. The number of halogens is 1. The molecule has 1 aromatic carbocycles. The summed E-state index contributed by atoms with van der Waals surface area (Å²) in [6, 6.07) is 4.19. The number of aromatic nitrogens is 2. The van der Waals surface area contributed by atoms with Crippen LogP contribution in [0.15, 0.2) is 12.1 Å². The fourth-order valence-electron chi connectivity index (χ4n) is 2.13. The van der Waals surface area contributed by atoms with Crippen molar-refractivity contribution in [3.05, 3.63) is 45.2 Å². The van der Waals surface area contributed by atoms with Crippen molar-refractivity contribution in [1.82, 2.24) is 9.78 Å². The van der Waals surface area contributed by atoms with Crippen molar-refractivity contribution >= 4 is 11.6 Å². The highest BCUT2D eigenvalue weighted by Crippen LogP contribution is 2.28. The highest BCUT2D eigenvalue weighted by atomic mass is 35.5. The quantitative estimate of drug-likeness (QED) is 0.852. The zero-order valence-electron chi connectivity index (χ0n) is 12.0. The molecule has 0 fully saturated rings. The summed E-state index contributed by atoms with van der Waals surface area (Å²) >= 11 is 6.21. The summed E-state index contributed by atoms with van der Waals surface area (Å²) in [4.78, 5) is 0. The molecule has 3 nitrogen and oxygen atoms in total. The molecule has 1 heterocycles. The molecule has 0 atom stereocenters. The van der Waals surface area contributed by atoms with Crippen molar-refractivity contribution in [2.24, 2.45) is 7.05 Å². The van der Waals surface area contributed by atoms with E-state index in [1.807, 2.05) is 14.0 Å². The Kier molecular flexibility index (Phi) is 3.85. The molecule has 2 rings (SSSR count). The molecule has 19 heavy (non-hydrogen) atoms. The summed E-state index contributed by atoms with van der Waals surface area (Å²) in [6.45, 7) is 8.61. The zero-order chi connectivity index (χ0) is 14.2. The third-order valence-electron chi connectivity index (χ3n) is 3.50. The highest BCUT2D eigenvalue weighted by molar-refractivity contribution is 6.30. The summed E-state index contributed by atoms with van der Waals surface area (Å²) in [5.41, 5.74) is 5.41. The molecule has 0 aliphatic heterocycles. The van der Waals surface area contributed by atoms with E-state index in [1.54, 1.807) is 4.68 Å². The number of hydrogen-bond donors (Lipinski definition) is 0. The molecule has 0 bridgehead atoms. The Balaban J connectivity index is 2.26. The van der Waals surface area contributed by atoms with Gasteiger partial charge in [0.2, 0.25) is 0 Å². The van der Waals surface area contributed by atoms with Crippen LogP contribution in [0.3, 0.4) is 0 Å². The number of benzene rings is 1. The van der Waals surface area contributed by atoms with Gasteiger partial charge < -0.3 is 4.74 Å². The van der Waals surface area contributed by atoms with Crippen LogP contribution >= 0.6 is 11.6 Å². The molecule has 0 spiro atoms. The standard InChI is InChI=1S/C15H19ClN2O/c1-9-6-7-10(2)14(11(9)3)19-8-13-12(4)17-18(5)15(13)16/h6-7H,8H2,1-5H3. The molecular weight excluding hydrogens is 260 g/mol. The van der Waals surface area contributed by atoms with Crippen LogP contribution < -0.4 is 4.74 Å². The van der Waals surface area contributed by atoms with Gasteiger partial charge in [-0.25, -0.2) is 0 Å². The number of ether oxygens (including phenoxy) is 1. The van der Waals surface area contributed by atoms with Crippen LogP contribution in [-0.4, -0.2) is 9.78 Å². The Morgan fingerprint density at radius 1 is 1.16 bits per heavy atom. The molecule has 0 aliphatic carbocycles. The Hall–Kier alpha value is -1.48. The molecule has 4 heteroatoms. The number of hydrogen-bond acceptors (Lipinski definition) is 2. The van der Waals surface area contributed by atoms with Gasteiger partial charge in [-0.15, -0.1) is 0 Å². The molecule has 0 saturated carbocycles. The van der Waals surface area contributed by atoms with Crippen molar-refractivity contribution in [1.29, 1.82) is 0 Å². The average molecular weight is 279 g/mol. The summed E-state index contributed by atoms with van der Waals surface area (Å²) in [5.74, 6) is 0.944. The summed E-state index contributed by atoms with van der Waals surface area (Å²) in [6.07, 6.45) is 0. The minimum Gasteiger partial charge on any atom is -0.488 e. The van der Waals surface area contributed by atoms with Crippen LogP contribution in [0.4, 0.5) is 0 Å². The Morgan fingerprint density at radius 2 is 1.79 bits per heavy atom. The van der Waals surface area contributed by atoms with E-state index in [0.717, 1.165) is 22.6 Å². The van der Waals surface area contributed by atoms with Gasteiger partial charge in [0.05, 0.1) is 5.69 Å². The van der Waals surface area contributed by atoms with E-state index in [2.05, 4.69) is 38.0 Å². The molecule has 0 amide bonds. The maximum atomic E-state index is 6.21. The van der Waals surface area contributed by atoms with Crippen molar-refractivity contribution < 1.29 is 4.74 Å². The van der Waals surface area contributed by atoms with Crippen LogP contribution in [0.2, 0.25) is 5.15 Å². The molecule has 0 saturated heterocycles. The van der Waals surface area contributed by atoms with Gasteiger partial charge in [-0.1, -0.05) is 23.7 Å². The second-order valence-corrected chi connectivity index (χ2v) is 5.28. The van der Waals surface area contributed by atoms with Crippen LogP contribution in [-0.2, 0) is 13.7 Å². The van der Waals surface area contributed by atoms with Gasteiger partial charge in [0.25, 0.3) is 0 Å². The van der Waals surface area contributed by atoms with Crippen LogP contribution in [0, 0.1) is 27.7 Å². The van der Waals surface area contributed by atoms with Gasteiger partial charge in [-0.05, 0) is 44.4 Å². The Labute approximate surface area is 119 Å². The number of nitrogens with zero attached hydrogens (tertiary/aromatic N) is 2. The number of aryl methyl sites for hydroxylation is 4. The summed E-state index contributed by atoms with van der Waals surface area (Å²) in [5, 5.41) is 4.93. The van der Waals surface area contributed by atoms with Gasteiger partial charge in [0.15, 0.2) is 0 Å². The normalized spacial score (nSPS) is 10.8. The van der Waals surface area contributed by atoms with Crippen molar-refractivity contribution in [2.75, 3.05) is 0 Å². The highest BCUT2D eigenvalue weighted by Gasteiger charge is 2.13. The smallest absolute Gasteiger partial charge is 0.133 e. The van der Waals surface area contributed by atoms with Gasteiger partial charge in [0.1, 0.15) is 17.5 Å². The lowest BCUT2D eigenvalue weighted by atomic mass is 10.1. The molecule has 102 valence electrons. The van der Waals surface area contributed by atoms with E-state index in [-0.39, 0.29) is 0 Å². The van der Waals surface area contributed by atoms with E-state index in [4.69, 9.17) is 16.3 Å². The van der Waals surface area contributed by atoms with Gasteiger partial charge in [-0.2, -0.15) is 5.10 Å². The van der Waals surface area contributed by atoms with E-state index in [9.17, 15) is 0 Å².